The van der Waals surface area contributed by atoms with E-state index in [0.717, 1.165) is 0 Å². The Morgan fingerprint density at radius 1 is 1.24 bits per heavy atom. The van der Waals surface area contributed by atoms with Crippen LogP contribution in [0.4, 0.5) is 0 Å². The molecule has 0 amide bonds. The third-order valence-corrected chi connectivity index (χ3v) is 5.84. The monoisotopic (exact) mass is 424 g/mol. The summed E-state index contributed by atoms with van der Waals surface area (Å²) < 4.78 is 21.3. The molecule has 1 spiro atoms. The molecule has 1 aromatic heterocycles. The van der Waals surface area contributed by atoms with E-state index >= 15 is 0 Å². The average molecular weight is 425 g/mol. The topological polar surface area (TPSA) is 136 Å². The molecular formula is C19H17ClO9. The molecule has 154 valence electrons. The van der Waals surface area contributed by atoms with Gasteiger partial charge in [-0.1, -0.05) is 11.6 Å². The standard InChI is InChI=1S/C19H17ClO9/c1-18(25)12-8-4-7(26-2)5-9(21)11(8)17(24)28-14(12)19(15(27-3)13(18)20)6-10(22)16(23)29-19/h4-5,10,21-22,25H,6H2,1-3H3/t10-,18-,19+/m1/s1. The fourth-order valence-electron chi connectivity index (χ4n) is 4.00. The summed E-state index contributed by atoms with van der Waals surface area (Å²) in [5.74, 6) is -1.61. The number of halogens is 1. The van der Waals surface area contributed by atoms with Crippen LogP contribution < -0.4 is 10.4 Å². The number of fused-ring (bicyclic) bond motifs is 4. The summed E-state index contributed by atoms with van der Waals surface area (Å²) in [4.78, 5) is 24.8. The maximum Gasteiger partial charge on any atom is 0.347 e. The van der Waals surface area contributed by atoms with Crippen molar-refractivity contribution in [1.82, 2.24) is 0 Å². The fourth-order valence-corrected chi connectivity index (χ4v) is 4.32. The Bertz CT molecular complexity index is 1150. The van der Waals surface area contributed by atoms with E-state index in [2.05, 4.69) is 0 Å². The zero-order chi connectivity index (χ0) is 21.3. The zero-order valence-electron chi connectivity index (χ0n) is 15.6. The number of rotatable bonds is 2. The lowest BCUT2D eigenvalue weighted by molar-refractivity contribution is -0.155. The summed E-state index contributed by atoms with van der Waals surface area (Å²) in [5.41, 5.74) is -4.76. The number of carbonyl (C=O) groups excluding carboxylic acids is 1. The first-order chi connectivity index (χ1) is 13.6. The molecule has 0 unspecified atom stereocenters. The Balaban J connectivity index is 2.22. The molecule has 0 bridgehead atoms. The Kier molecular flexibility index (Phi) is 4.13. The number of aromatic hydroxyl groups is 1. The van der Waals surface area contributed by atoms with Crippen LogP contribution in [0.1, 0.15) is 24.7 Å². The Labute approximate surface area is 168 Å². The molecule has 10 heteroatoms. The van der Waals surface area contributed by atoms with E-state index in [0.29, 0.717) is 0 Å². The molecule has 2 aliphatic rings. The van der Waals surface area contributed by atoms with E-state index in [4.69, 9.17) is 30.2 Å². The van der Waals surface area contributed by atoms with Crippen molar-refractivity contribution in [2.45, 2.75) is 30.7 Å². The Morgan fingerprint density at radius 2 is 1.93 bits per heavy atom. The molecule has 0 radical (unpaired) electrons. The molecule has 1 aliphatic carbocycles. The highest BCUT2D eigenvalue weighted by Gasteiger charge is 2.61. The number of phenols is 1. The SMILES string of the molecule is COC1=C(Cl)[C@](C)(O)c2c(oc(=O)c3c(O)cc(OC)cc23)[C@@]12C[C@@H](O)C(=O)O2. The van der Waals surface area contributed by atoms with Crippen molar-refractivity contribution < 1.29 is 38.7 Å². The summed E-state index contributed by atoms with van der Waals surface area (Å²) in [5, 5.41) is 31.3. The molecule has 29 heavy (non-hydrogen) atoms. The van der Waals surface area contributed by atoms with Crippen molar-refractivity contribution in [2.75, 3.05) is 14.2 Å². The number of phenolic OH excluding ortho intramolecular Hbond substituents is 1. The van der Waals surface area contributed by atoms with Gasteiger partial charge in [-0.2, -0.15) is 0 Å². The zero-order valence-corrected chi connectivity index (χ0v) is 16.4. The van der Waals surface area contributed by atoms with Gasteiger partial charge < -0.3 is 33.9 Å². The number of aliphatic hydroxyl groups excluding tert-OH is 1. The van der Waals surface area contributed by atoms with Gasteiger partial charge in [-0.3, -0.25) is 0 Å². The van der Waals surface area contributed by atoms with E-state index in [-0.39, 0.29) is 45.1 Å². The minimum atomic E-state index is -1.94. The highest BCUT2D eigenvalue weighted by Crippen LogP contribution is 2.56. The van der Waals surface area contributed by atoms with Gasteiger partial charge in [-0.15, -0.1) is 0 Å². The van der Waals surface area contributed by atoms with Crippen LogP contribution in [0.15, 0.2) is 32.1 Å². The van der Waals surface area contributed by atoms with Crippen molar-refractivity contribution in [3.63, 3.8) is 0 Å². The predicted molar refractivity (Wildman–Crippen MR) is 98.6 cm³/mol. The summed E-state index contributed by atoms with van der Waals surface area (Å²) >= 11 is 6.44. The molecule has 1 fully saturated rings. The number of methoxy groups -OCH3 is 2. The van der Waals surface area contributed by atoms with Crippen LogP contribution in [0.25, 0.3) is 10.8 Å². The van der Waals surface area contributed by atoms with Crippen LogP contribution in [-0.4, -0.2) is 41.6 Å². The number of hydrogen-bond donors (Lipinski definition) is 3. The number of carbonyl (C=O) groups is 1. The molecule has 4 rings (SSSR count). The van der Waals surface area contributed by atoms with E-state index in [1.165, 1.54) is 33.3 Å². The van der Waals surface area contributed by atoms with Crippen molar-refractivity contribution in [1.29, 1.82) is 0 Å². The Hall–Kier alpha value is -2.75. The molecule has 2 aromatic rings. The van der Waals surface area contributed by atoms with Crippen molar-refractivity contribution in [3.05, 3.63) is 44.7 Å². The molecule has 1 saturated heterocycles. The highest BCUT2D eigenvalue weighted by atomic mass is 35.5. The quantitative estimate of drug-likeness (QED) is 0.610. The number of ether oxygens (including phenoxy) is 3. The van der Waals surface area contributed by atoms with Crippen molar-refractivity contribution in [3.8, 4) is 11.5 Å². The van der Waals surface area contributed by atoms with Gasteiger partial charge in [-0.25, -0.2) is 9.59 Å². The van der Waals surface area contributed by atoms with Gasteiger partial charge in [0, 0.05) is 23.4 Å². The average Bonchev–Trinajstić information content (AvgIpc) is 2.95. The third-order valence-electron chi connectivity index (χ3n) is 5.30. The minimum absolute atomic E-state index is 0.0194. The van der Waals surface area contributed by atoms with Crippen LogP contribution >= 0.6 is 11.6 Å². The van der Waals surface area contributed by atoms with Gasteiger partial charge in [0.15, 0.2) is 17.6 Å². The lowest BCUT2D eigenvalue weighted by atomic mass is 9.76. The van der Waals surface area contributed by atoms with Crippen LogP contribution in [0, 0.1) is 0 Å². The summed E-state index contributed by atoms with van der Waals surface area (Å²) in [6.45, 7) is 1.34. The second kappa shape index (κ2) is 6.12. The summed E-state index contributed by atoms with van der Waals surface area (Å²) in [7, 11) is 2.61. The van der Waals surface area contributed by atoms with E-state index in [1.807, 2.05) is 0 Å². The Morgan fingerprint density at radius 3 is 2.48 bits per heavy atom. The van der Waals surface area contributed by atoms with Crippen LogP contribution in [0.5, 0.6) is 11.5 Å². The van der Waals surface area contributed by atoms with Gasteiger partial charge in [0.2, 0.25) is 5.60 Å². The van der Waals surface area contributed by atoms with E-state index < -0.39 is 34.7 Å². The summed E-state index contributed by atoms with van der Waals surface area (Å²) in [6, 6.07) is 2.64. The molecular weight excluding hydrogens is 408 g/mol. The van der Waals surface area contributed by atoms with Crippen molar-refractivity contribution in [2.24, 2.45) is 0 Å². The predicted octanol–water partition coefficient (Wildman–Crippen LogP) is 1.33. The second-order valence-corrected chi connectivity index (χ2v) is 7.43. The maximum absolute atomic E-state index is 12.7. The third kappa shape index (κ3) is 2.41. The van der Waals surface area contributed by atoms with E-state index in [9.17, 15) is 24.9 Å². The van der Waals surface area contributed by atoms with Gasteiger partial charge in [0.05, 0.1) is 19.3 Å². The van der Waals surface area contributed by atoms with Gasteiger partial charge in [0.25, 0.3) is 0 Å². The maximum atomic E-state index is 12.7. The second-order valence-electron chi connectivity index (χ2n) is 7.05. The largest absolute Gasteiger partial charge is 0.507 e. The van der Waals surface area contributed by atoms with Gasteiger partial charge in [0.1, 0.15) is 22.5 Å². The first kappa shape index (κ1) is 19.6. The molecule has 0 saturated carbocycles. The van der Waals surface area contributed by atoms with Gasteiger partial charge in [-0.05, 0) is 13.0 Å². The molecule has 3 N–H and O–H groups in total. The molecule has 3 atom stereocenters. The van der Waals surface area contributed by atoms with Crippen molar-refractivity contribution >= 4 is 28.3 Å². The van der Waals surface area contributed by atoms with Crippen LogP contribution in [0.2, 0.25) is 0 Å². The fraction of sp³-hybridized carbons (Fsp3) is 0.368. The smallest absolute Gasteiger partial charge is 0.347 e. The first-order valence-corrected chi connectivity index (χ1v) is 8.93. The lowest BCUT2D eigenvalue weighted by Crippen LogP contribution is -2.42. The highest BCUT2D eigenvalue weighted by molar-refractivity contribution is 6.31. The molecule has 9 nitrogen and oxygen atoms in total. The molecule has 2 heterocycles. The number of aliphatic hydroxyl groups is 2. The van der Waals surface area contributed by atoms with Gasteiger partial charge >= 0.3 is 11.6 Å². The molecule has 1 aromatic carbocycles. The summed E-state index contributed by atoms with van der Waals surface area (Å²) in [6.07, 6.45) is -1.88. The van der Waals surface area contributed by atoms with Crippen LogP contribution in [0.3, 0.4) is 0 Å². The van der Waals surface area contributed by atoms with E-state index in [1.54, 1.807) is 0 Å². The normalized spacial score (nSPS) is 28.6. The number of benzene rings is 1. The number of esters is 1. The van der Waals surface area contributed by atoms with Crippen LogP contribution in [-0.2, 0) is 25.5 Å². The molecule has 1 aliphatic heterocycles. The lowest BCUT2D eigenvalue weighted by Gasteiger charge is -2.40. The minimum Gasteiger partial charge on any atom is -0.507 e. The number of hydrogen-bond acceptors (Lipinski definition) is 9. The first-order valence-electron chi connectivity index (χ1n) is 8.55.